The zero-order valence-corrected chi connectivity index (χ0v) is 19.1. The summed E-state index contributed by atoms with van der Waals surface area (Å²) >= 11 is 0. The molecule has 4 rings (SSSR count). The van der Waals surface area contributed by atoms with Gasteiger partial charge < -0.3 is 19.9 Å². The van der Waals surface area contributed by atoms with E-state index < -0.39 is 0 Å². The van der Waals surface area contributed by atoms with Gasteiger partial charge in [0.05, 0.1) is 11.8 Å². The third kappa shape index (κ3) is 5.66. The number of nitrogens with zero attached hydrogens (tertiary/aromatic N) is 5. The monoisotopic (exact) mass is 445 g/mol. The summed E-state index contributed by atoms with van der Waals surface area (Å²) in [6.45, 7) is 15.0. The van der Waals surface area contributed by atoms with Gasteiger partial charge in [0.25, 0.3) is 0 Å². The molecule has 0 spiro atoms. The van der Waals surface area contributed by atoms with Gasteiger partial charge >= 0.3 is 0 Å². The Bertz CT molecular complexity index is 1100. The van der Waals surface area contributed by atoms with Crippen LogP contribution in [0.5, 0.6) is 0 Å². The van der Waals surface area contributed by atoms with E-state index in [0.717, 1.165) is 45.2 Å². The molecular formula is C25H31N7O. The van der Waals surface area contributed by atoms with Gasteiger partial charge in [-0.1, -0.05) is 31.4 Å². The van der Waals surface area contributed by atoms with Crippen LogP contribution in [0, 0.1) is 0 Å². The van der Waals surface area contributed by atoms with Gasteiger partial charge in [-0.3, -0.25) is 4.90 Å². The molecule has 3 aromatic rings. The van der Waals surface area contributed by atoms with Gasteiger partial charge in [-0.2, -0.15) is 0 Å². The Kier molecular flexibility index (Phi) is 7.49. The van der Waals surface area contributed by atoms with Gasteiger partial charge in [-0.15, -0.1) is 0 Å². The third-order valence-electron chi connectivity index (χ3n) is 5.79. The predicted octanol–water partition coefficient (Wildman–Crippen LogP) is 3.31. The van der Waals surface area contributed by atoms with Crippen LogP contribution in [-0.2, 0) is 11.3 Å². The Morgan fingerprint density at radius 1 is 1.21 bits per heavy atom. The lowest BCUT2D eigenvalue weighted by Gasteiger charge is -2.36. The molecule has 1 unspecified atom stereocenters. The maximum Gasteiger partial charge on any atom is 0.228 e. The lowest BCUT2D eigenvalue weighted by atomic mass is 10.1. The summed E-state index contributed by atoms with van der Waals surface area (Å²) in [4.78, 5) is 21.2. The first-order valence-electron chi connectivity index (χ1n) is 11.2. The first-order chi connectivity index (χ1) is 16.2. The summed E-state index contributed by atoms with van der Waals surface area (Å²) in [5.41, 5.74) is 3.18. The molecule has 3 heterocycles. The largest absolute Gasteiger partial charge is 0.447 e. The minimum absolute atomic E-state index is 0.380. The Labute approximate surface area is 194 Å². The van der Waals surface area contributed by atoms with Crippen LogP contribution in [0.3, 0.4) is 0 Å². The molecule has 2 aromatic heterocycles. The molecule has 1 aliphatic heterocycles. The van der Waals surface area contributed by atoms with Gasteiger partial charge in [0.1, 0.15) is 0 Å². The van der Waals surface area contributed by atoms with Crippen LogP contribution in [0.1, 0.15) is 18.1 Å². The SMILES string of the molecule is C=CN=C(OC=C)c1cnc(N2CCN(CC(C)NCc3c[nH]c4ccccc34)CC2)nc1. The molecule has 2 N–H and O–H groups in total. The molecular weight excluding hydrogens is 414 g/mol. The number of ether oxygens (including phenoxy) is 1. The van der Waals surface area contributed by atoms with E-state index in [4.69, 9.17) is 4.74 Å². The first-order valence-corrected chi connectivity index (χ1v) is 11.2. The molecule has 0 aliphatic carbocycles. The van der Waals surface area contributed by atoms with Crippen molar-refractivity contribution in [2.45, 2.75) is 19.5 Å². The second-order valence-electron chi connectivity index (χ2n) is 8.10. The Hall–Kier alpha value is -3.49. The summed E-state index contributed by atoms with van der Waals surface area (Å²) in [6.07, 6.45) is 8.28. The summed E-state index contributed by atoms with van der Waals surface area (Å²) < 4.78 is 5.30. The average Bonchev–Trinajstić information content (AvgIpc) is 3.26. The van der Waals surface area contributed by atoms with Crippen LogP contribution in [0.25, 0.3) is 10.9 Å². The zero-order valence-electron chi connectivity index (χ0n) is 19.1. The van der Waals surface area contributed by atoms with Crippen LogP contribution in [0.15, 0.2) is 73.5 Å². The molecule has 1 saturated heterocycles. The van der Waals surface area contributed by atoms with Gasteiger partial charge in [0.15, 0.2) is 0 Å². The number of H-pyrrole nitrogens is 1. The number of aliphatic imine (C=N–C) groups is 1. The molecule has 1 atom stereocenters. The Morgan fingerprint density at radius 2 is 1.97 bits per heavy atom. The van der Waals surface area contributed by atoms with Crippen molar-refractivity contribution in [1.82, 2.24) is 25.2 Å². The maximum atomic E-state index is 5.30. The number of anilines is 1. The van der Waals surface area contributed by atoms with Crippen LogP contribution in [0.4, 0.5) is 5.95 Å². The summed E-state index contributed by atoms with van der Waals surface area (Å²) in [6, 6.07) is 8.82. The van der Waals surface area contributed by atoms with Crippen molar-refractivity contribution in [2.75, 3.05) is 37.6 Å². The number of hydrogen-bond acceptors (Lipinski definition) is 7. The minimum atomic E-state index is 0.380. The number of benzene rings is 1. The molecule has 0 bridgehead atoms. The number of aromatic nitrogens is 3. The zero-order chi connectivity index (χ0) is 23.0. The van der Waals surface area contributed by atoms with E-state index in [1.165, 1.54) is 28.9 Å². The molecule has 1 fully saturated rings. The molecule has 0 saturated carbocycles. The van der Waals surface area contributed by atoms with Crippen molar-refractivity contribution < 1.29 is 4.74 Å². The van der Waals surface area contributed by atoms with Gasteiger partial charge in [-0.05, 0) is 18.6 Å². The number of para-hydroxylation sites is 1. The summed E-state index contributed by atoms with van der Waals surface area (Å²) in [7, 11) is 0. The highest BCUT2D eigenvalue weighted by atomic mass is 16.5. The highest BCUT2D eigenvalue weighted by Gasteiger charge is 2.20. The van der Waals surface area contributed by atoms with Crippen molar-refractivity contribution in [2.24, 2.45) is 4.99 Å². The quantitative estimate of drug-likeness (QED) is 0.299. The first kappa shape index (κ1) is 22.7. The number of fused-ring (bicyclic) bond motifs is 1. The fourth-order valence-electron chi connectivity index (χ4n) is 4.07. The van der Waals surface area contributed by atoms with Crippen LogP contribution in [0.2, 0.25) is 0 Å². The van der Waals surface area contributed by atoms with E-state index in [9.17, 15) is 0 Å². The summed E-state index contributed by atoms with van der Waals surface area (Å²) in [5, 5.41) is 4.96. The van der Waals surface area contributed by atoms with E-state index >= 15 is 0 Å². The van der Waals surface area contributed by atoms with Crippen molar-refractivity contribution in [3.05, 3.63) is 79.6 Å². The molecule has 172 valence electrons. The number of rotatable bonds is 9. The van der Waals surface area contributed by atoms with Crippen LogP contribution >= 0.6 is 0 Å². The average molecular weight is 446 g/mol. The number of hydrogen-bond donors (Lipinski definition) is 2. The number of nitrogens with one attached hydrogen (secondary N) is 2. The predicted molar refractivity (Wildman–Crippen MR) is 133 cm³/mol. The number of piperazine rings is 1. The summed E-state index contributed by atoms with van der Waals surface area (Å²) in [5.74, 6) is 1.10. The molecule has 8 nitrogen and oxygen atoms in total. The van der Waals surface area contributed by atoms with E-state index in [2.05, 4.69) is 85.6 Å². The Balaban J connectivity index is 1.25. The molecule has 1 aliphatic rings. The fourth-order valence-corrected chi connectivity index (χ4v) is 4.07. The normalized spacial score (nSPS) is 16.0. The fraction of sp³-hybridized carbons (Fsp3) is 0.320. The molecule has 1 aromatic carbocycles. The highest BCUT2D eigenvalue weighted by molar-refractivity contribution is 5.94. The van der Waals surface area contributed by atoms with Crippen molar-refractivity contribution in [1.29, 1.82) is 0 Å². The highest BCUT2D eigenvalue weighted by Crippen LogP contribution is 2.17. The maximum absolute atomic E-state index is 5.30. The van der Waals surface area contributed by atoms with Gasteiger partial charge in [-0.25, -0.2) is 15.0 Å². The smallest absolute Gasteiger partial charge is 0.228 e. The second-order valence-corrected chi connectivity index (χ2v) is 8.10. The Morgan fingerprint density at radius 3 is 2.70 bits per heavy atom. The minimum Gasteiger partial charge on any atom is -0.447 e. The van der Waals surface area contributed by atoms with Gasteiger partial charge in [0.2, 0.25) is 11.8 Å². The standard InChI is InChI=1S/C25H31N7O/c1-4-26-24(33-5-2)21-16-29-25(30-17-21)32-12-10-31(11-13-32)18-19(3)27-14-20-15-28-23-9-7-6-8-22(20)23/h4-9,15-17,19,27-28H,1-2,10-14,18H2,3H3. The van der Waals surface area contributed by atoms with E-state index in [-0.39, 0.29) is 0 Å². The molecule has 0 amide bonds. The van der Waals surface area contributed by atoms with Crippen LogP contribution in [-0.4, -0.2) is 64.5 Å². The van der Waals surface area contributed by atoms with E-state index in [1.807, 2.05) is 0 Å². The molecule has 33 heavy (non-hydrogen) atoms. The van der Waals surface area contributed by atoms with E-state index in [0.29, 0.717) is 17.5 Å². The number of aromatic amines is 1. The van der Waals surface area contributed by atoms with Crippen molar-refractivity contribution >= 4 is 22.7 Å². The lowest BCUT2D eigenvalue weighted by Crippen LogP contribution is -2.50. The van der Waals surface area contributed by atoms with Crippen molar-refractivity contribution in [3.63, 3.8) is 0 Å². The molecule has 0 radical (unpaired) electrons. The van der Waals surface area contributed by atoms with Crippen molar-refractivity contribution in [3.8, 4) is 0 Å². The molecule has 8 heteroatoms. The lowest BCUT2D eigenvalue weighted by molar-refractivity contribution is 0.233. The van der Waals surface area contributed by atoms with E-state index in [1.54, 1.807) is 12.4 Å². The topological polar surface area (TPSA) is 81.7 Å². The second kappa shape index (κ2) is 10.9. The van der Waals surface area contributed by atoms with Gasteiger partial charge in [0, 0.05) is 81.0 Å². The third-order valence-corrected chi connectivity index (χ3v) is 5.79. The van der Waals surface area contributed by atoms with Crippen LogP contribution < -0.4 is 10.2 Å².